The van der Waals surface area contributed by atoms with E-state index in [4.69, 9.17) is 12.2 Å². The zero-order valence-corrected chi connectivity index (χ0v) is 10.7. The molecule has 4 nitrogen and oxygen atoms in total. The van der Waals surface area contributed by atoms with Gasteiger partial charge in [0.1, 0.15) is 0 Å². The monoisotopic (exact) mass is 252 g/mol. The number of rotatable bonds is 4. The summed E-state index contributed by atoms with van der Waals surface area (Å²) in [5, 5.41) is 6.54. The molecule has 1 aromatic carbocycles. The topological polar surface area (TPSA) is 50.4 Å². The number of hydrogen-bond donors (Lipinski definition) is 2. The van der Waals surface area contributed by atoms with Gasteiger partial charge >= 0.3 is 5.97 Å². The Kier molecular flexibility index (Phi) is 5.42. The first kappa shape index (κ1) is 13.4. The molecule has 1 rings (SSSR count). The molecule has 0 fully saturated rings. The van der Waals surface area contributed by atoms with Crippen molar-refractivity contribution in [1.82, 2.24) is 5.32 Å². The Hall–Kier alpha value is -1.62. The Balaban J connectivity index is 2.37. The number of nitrogens with one attached hydrogen (secondary N) is 2. The minimum atomic E-state index is -0.257. The highest BCUT2D eigenvalue weighted by atomic mass is 32.1. The van der Waals surface area contributed by atoms with Gasteiger partial charge in [0.25, 0.3) is 0 Å². The zero-order chi connectivity index (χ0) is 12.7. The summed E-state index contributed by atoms with van der Waals surface area (Å²) in [4.78, 5) is 11.0. The molecule has 17 heavy (non-hydrogen) atoms. The molecule has 0 heterocycles. The number of thiocarbonyl (C=S) groups is 1. The SMILES string of the molecule is COC(=O)CC(C)NC(=S)Nc1ccccc1. The second kappa shape index (κ2) is 6.85. The predicted molar refractivity (Wildman–Crippen MR) is 71.9 cm³/mol. The summed E-state index contributed by atoms with van der Waals surface area (Å²) in [5.41, 5.74) is 0.912. The highest BCUT2D eigenvalue weighted by molar-refractivity contribution is 7.80. The Morgan fingerprint density at radius 3 is 2.65 bits per heavy atom. The highest BCUT2D eigenvalue weighted by Crippen LogP contribution is 2.04. The first-order valence-electron chi connectivity index (χ1n) is 5.31. The summed E-state index contributed by atoms with van der Waals surface area (Å²) in [6.45, 7) is 1.87. The third-order valence-electron chi connectivity index (χ3n) is 2.11. The maximum absolute atomic E-state index is 11.0. The molecule has 0 aromatic heterocycles. The first-order valence-corrected chi connectivity index (χ1v) is 5.72. The molecule has 0 saturated heterocycles. The summed E-state index contributed by atoms with van der Waals surface area (Å²) in [6, 6.07) is 9.54. The van der Waals surface area contributed by atoms with Gasteiger partial charge in [0, 0.05) is 11.7 Å². The standard InChI is InChI=1S/C12H16N2O2S/c1-9(8-11(15)16-2)13-12(17)14-10-6-4-3-5-7-10/h3-7,9H,8H2,1-2H3,(H2,13,14,17). The second-order valence-electron chi connectivity index (χ2n) is 3.65. The quantitative estimate of drug-likeness (QED) is 0.633. The Morgan fingerprint density at radius 1 is 1.41 bits per heavy atom. The molecular weight excluding hydrogens is 236 g/mol. The fourth-order valence-corrected chi connectivity index (χ4v) is 1.62. The van der Waals surface area contributed by atoms with Gasteiger partial charge in [0.15, 0.2) is 5.11 Å². The molecule has 0 radical (unpaired) electrons. The van der Waals surface area contributed by atoms with Crippen molar-refractivity contribution in [1.29, 1.82) is 0 Å². The minimum absolute atomic E-state index is 0.0637. The predicted octanol–water partition coefficient (Wildman–Crippen LogP) is 1.92. The van der Waals surface area contributed by atoms with Gasteiger partial charge in [-0.15, -0.1) is 0 Å². The van der Waals surface area contributed by atoms with Crippen LogP contribution in [0.2, 0.25) is 0 Å². The number of ether oxygens (including phenoxy) is 1. The van der Waals surface area contributed by atoms with Crippen molar-refractivity contribution < 1.29 is 9.53 Å². The Morgan fingerprint density at radius 2 is 2.06 bits per heavy atom. The lowest BCUT2D eigenvalue weighted by Crippen LogP contribution is -2.37. The fourth-order valence-electron chi connectivity index (χ4n) is 1.30. The van der Waals surface area contributed by atoms with Crippen LogP contribution in [0, 0.1) is 0 Å². The van der Waals surface area contributed by atoms with E-state index in [1.807, 2.05) is 37.3 Å². The number of methoxy groups -OCH3 is 1. The van der Waals surface area contributed by atoms with Crippen LogP contribution < -0.4 is 10.6 Å². The normalized spacial score (nSPS) is 11.4. The molecule has 2 N–H and O–H groups in total. The largest absolute Gasteiger partial charge is 0.469 e. The molecule has 0 spiro atoms. The number of hydrogen-bond acceptors (Lipinski definition) is 3. The number of esters is 1. The molecule has 0 amide bonds. The number of carbonyl (C=O) groups excluding carboxylic acids is 1. The van der Waals surface area contributed by atoms with E-state index in [2.05, 4.69) is 15.4 Å². The van der Waals surface area contributed by atoms with E-state index in [-0.39, 0.29) is 18.4 Å². The molecule has 0 bridgehead atoms. The van der Waals surface area contributed by atoms with E-state index in [9.17, 15) is 4.79 Å². The van der Waals surface area contributed by atoms with Gasteiger partial charge in [-0.2, -0.15) is 0 Å². The van der Waals surface area contributed by atoms with E-state index >= 15 is 0 Å². The second-order valence-corrected chi connectivity index (χ2v) is 4.05. The number of anilines is 1. The lowest BCUT2D eigenvalue weighted by atomic mass is 10.2. The van der Waals surface area contributed by atoms with Crippen LogP contribution in [0.3, 0.4) is 0 Å². The van der Waals surface area contributed by atoms with Gasteiger partial charge in [0.2, 0.25) is 0 Å². The van der Waals surface area contributed by atoms with E-state index < -0.39 is 0 Å². The first-order chi connectivity index (χ1) is 8.11. The summed E-state index contributed by atoms with van der Waals surface area (Å²) in [7, 11) is 1.37. The molecular formula is C12H16N2O2S. The summed E-state index contributed by atoms with van der Waals surface area (Å²) < 4.78 is 4.58. The molecule has 1 unspecified atom stereocenters. The van der Waals surface area contributed by atoms with Crippen molar-refractivity contribution in [3.8, 4) is 0 Å². The van der Waals surface area contributed by atoms with Crippen LogP contribution in [-0.2, 0) is 9.53 Å². The smallest absolute Gasteiger partial charge is 0.307 e. The van der Waals surface area contributed by atoms with Gasteiger partial charge in [-0.25, -0.2) is 0 Å². The Bertz CT molecular complexity index is 381. The molecule has 1 aromatic rings. The average molecular weight is 252 g/mol. The van der Waals surface area contributed by atoms with E-state index in [1.54, 1.807) is 0 Å². The van der Waals surface area contributed by atoms with Gasteiger partial charge < -0.3 is 15.4 Å². The summed E-state index contributed by atoms with van der Waals surface area (Å²) in [5.74, 6) is -0.257. The summed E-state index contributed by atoms with van der Waals surface area (Å²) >= 11 is 5.13. The van der Waals surface area contributed by atoms with Crippen LogP contribution in [0.5, 0.6) is 0 Å². The lowest BCUT2D eigenvalue weighted by Gasteiger charge is -2.15. The van der Waals surface area contributed by atoms with Gasteiger partial charge in [-0.1, -0.05) is 18.2 Å². The molecule has 92 valence electrons. The lowest BCUT2D eigenvalue weighted by molar-refractivity contribution is -0.141. The molecule has 0 aliphatic heterocycles. The minimum Gasteiger partial charge on any atom is -0.469 e. The van der Waals surface area contributed by atoms with Crippen molar-refractivity contribution in [2.45, 2.75) is 19.4 Å². The third kappa shape index (κ3) is 5.31. The van der Waals surface area contributed by atoms with Crippen molar-refractivity contribution in [2.75, 3.05) is 12.4 Å². The van der Waals surface area contributed by atoms with E-state index in [0.717, 1.165) is 5.69 Å². The van der Waals surface area contributed by atoms with Gasteiger partial charge in [-0.05, 0) is 31.3 Å². The fraction of sp³-hybridized carbons (Fsp3) is 0.333. The van der Waals surface area contributed by atoms with Crippen LogP contribution in [0.1, 0.15) is 13.3 Å². The van der Waals surface area contributed by atoms with Crippen molar-refractivity contribution in [2.24, 2.45) is 0 Å². The highest BCUT2D eigenvalue weighted by Gasteiger charge is 2.09. The van der Waals surface area contributed by atoms with Crippen LogP contribution in [0.4, 0.5) is 5.69 Å². The van der Waals surface area contributed by atoms with Crippen molar-refractivity contribution in [3.63, 3.8) is 0 Å². The van der Waals surface area contributed by atoms with Crippen LogP contribution in [0.25, 0.3) is 0 Å². The molecule has 1 atom stereocenters. The maximum Gasteiger partial charge on any atom is 0.307 e. The number of benzene rings is 1. The van der Waals surface area contributed by atoms with Crippen LogP contribution in [0.15, 0.2) is 30.3 Å². The number of carbonyl (C=O) groups is 1. The van der Waals surface area contributed by atoms with Crippen LogP contribution >= 0.6 is 12.2 Å². The van der Waals surface area contributed by atoms with Gasteiger partial charge in [-0.3, -0.25) is 4.79 Å². The van der Waals surface area contributed by atoms with Crippen molar-refractivity contribution in [3.05, 3.63) is 30.3 Å². The van der Waals surface area contributed by atoms with Gasteiger partial charge in [0.05, 0.1) is 13.5 Å². The molecule has 5 heteroatoms. The molecule has 0 aliphatic carbocycles. The maximum atomic E-state index is 11.0. The number of para-hydroxylation sites is 1. The molecule has 0 saturated carbocycles. The van der Waals surface area contributed by atoms with Crippen LogP contribution in [-0.4, -0.2) is 24.2 Å². The zero-order valence-electron chi connectivity index (χ0n) is 9.90. The molecule has 0 aliphatic rings. The van der Waals surface area contributed by atoms with Crippen molar-refractivity contribution >= 4 is 29.0 Å². The third-order valence-corrected chi connectivity index (χ3v) is 2.33. The summed E-state index contributed by atoms with van der Waals surface area (Å²) in [6.07, 6.45) is 0.285. The average Bonchev–Trinajstić information content (AvgIpc) is 2.29. The Labute approximate surface area is 106 Å². The van der Waals surface area contributed by atoms with E-state index in [1.165, 1.54) is 7.11 Å². The van der Waals surface area contributed by atoms with E-state index in [0.29, 0.717) is 5.11 Å².